The van der Waals surface area contributed by atoms with E-state index in [1.807, 2.05) is 25.1 Å². The predicted molar refractivity (Wildman–Crippen MR) is 109 cm³/mol. The molecule has 2 aliphatic rings. The van der Waals surface area contributed by atoms with E-state index in [0.29, 0.717) is 0 Å². The number of nitrogens with two attached hydrogens (primary N) is 1. The molecule has 4 N–H and O–H groups in total. The summed E-state index contributed by atoms with van der Waals surface area (Å²) in [6, 6.07) is 7.29. The first kappa shape index (κ1) is 19.7. The van der Waals surface area contributed by atoms with Crippen LogP contribution in [0.2, 0.25) is 0 Å². The Morgan fingerprint density at radius 2 is 1.96 bits per heavy atom. The fourth-order valence-electron chi connectivity index (χ4n) is 4.17. The molecule has 148 valence electrons. The van der Waals surface area contributed by atoms with Gasteiger partial charge in [-0.3, -0.25) is 9.59 Å². The van der Waals surface area contributed by atoms with Crippen molar-refractivity contribution in [1.29, 1.82) is 0 Å². The molecular formula is C21H32N4O2. The second-order valence-corrected chi connectivity index (χ2v) is 8.27. The SMILES string of the molecule is C[C@H](NC(=O)[C@H]1CCCC[C@@]1(C)N)C(=O)Nc1cccc(N2CCCC2)c1. The smallest absolute Gasteiger partial charge is 0.246 e. The van der Waals surface area contributed by atoms with Crippen LogP contribution in [0, 0.1) is 5.92 Å². The zero-order valence-corrected chi connectivity index (χ0v) is 16.5. The van der Waals surface area contributed by atoms with Gasteiger partial charge in [-0.05, 0) is 57.7 Å². The maximum atomic E-state index is 12.6. The summed E-state index contributed by atoms with van der Waals surface area (Å²) in [5.74, 6) is -0.565. The lowest BCUT2D eigenvalue weighted by molar-refractivity contribution is -0.131. The molecule has 6 heteroatoms. The zero-order chi connectivity index (χ0) is 19.4. The van der Waals surface area contributed by atoms with Gasteiger partial charge < -0.3 is 21.3 Å². The van der Waals surface area contributed by atoms with Gasteiger partial charge in [0.05, 0.1) is 5.92 Å². The molecule has 1 aliphatic carbocycles. The molecule has 1 heterocycles. The first-order chi connectivity index (χ1) is 12.9. The monoisotopic (exact) mass is 372 g/mol. The summed E-state index contributed by atoms with van der Waals surface area (Å²) in [6.45, 7) is 5.77. The van der Waals surface area contributed by atoms with Crippen LogP contribution in [0.3, 0.4) is 0 Å². The minimum absolute atomic E-state index is 0.117. The molecule has 1 aromatic rings. The van der Waals surface area contributed by atoms with Crippen LogP contribution in [0.1, 0.15) is 52.4 Å². The van der Waals surface area contributed by atoms with Gasteiger partial charge >= 0.3 is 0 Å². The van der Waals surface area contributed by atoms with Gasteiger partial charge in [-0.2, -0.15) is 0 Å². The number of benzene rings is 1. The number of carbonyl (C=O) groups excluding carboxylic acids is 2. The van der Waals surface area contributed by atoms with Gasteiger partial charge in [0.2, 0.25) is 11.8 Å². The summed E-state index contributed by atoms with van der Waals surface area (Å²) < 4.78 is 0. The van der Waals surface area contributed by atoms with E-state index in [1.54, 1.807) is 6.92 Å². The first-order valence-electron chi connectivity index (χ1n) is 10.1. The highest BCUT2D eigenvalue weighted by Gasteiger charge is 2.38. The Kier molecular flexibility index (Phi) is 6.05. The molecule has 2 fully saturated rings. The molecular weight excluding hydrogens is 340 g/mol. The van der Waals surface area contributed by atoms with Crippen LogP contribution in [0.4, 0.5) is 11.4 Å². The first-order valence-corrected chi connectivity index (χ1v) is 10.1. The number of rotatable bonds is 5. The van der Waals surface area contributed by atoms with Crippen LogP contribution in [0.5, 0.6) is 0 Å². The summed E-state index contributed by atoms with van der Waals surface area (Å²) >= 11 is 0. The van der Waals surface area contributed by atoms with Crippen LogP contribution >= 0.6 is 0 Å². The Morgan fingerprint density at radius 3 is 2.67 bits per heavy atom. The highest BCUT2D eigenvalue weighted by atomic mass is 16.2. The maximum Gasteiger partial charge on any atom is 0.246 e. The number of anilines is 2. The van der Waals surface area contributed by atoms with E-state index in [0.717, 1.165) is 50.1 Å². The molecule has 3 atom stereocenters. The number of amides is 2. The van der Waals surface area contributed by atoms with E-state index in [1.165, 1.54) is 12.8 Å². The molecule has 3 rings (SSSR count). The highest BCUT2D eigenvalue weighted by Crippen LogP contribution is 2.31. The molecule has 0 bridgehead atoms. The summed E-state index contributed by atoms with van der Waals surface area (Å²) in [5, 5.41) is 5.78. The van der Waals surface area contributed by atoms with Crippen LogP contribution in [0.15, 0.2) is 24.3 Å². The Bertz CT molecular complexity index is 683. The molecule has 0 aromatic heterocycles. The van der Waals surface area contributed by atoms with Crippen molar-refractivity contribution in [2.45, 2.75) is 64.0 Å². The molecule has 1 saturated heterocycles. The normalized spacial score (nSPS) is 26.5. The van der Waals surface area contributed by atoms with E-state index < -0.39 is 11.6 Å². The van der Waals surface area contributed by atoms with Crippen LogP contribution in [-0.2, 0) is 9.59 Å². The lowest BCUT2D eigenvalue weighted by Crippen LogP contribution is -2.55. The maximum absolute atomic E-state index is 12.6. The highest BCUT2D eigenvalue weighted by molar-refractivity contribution is 5.97. The van der Waals surface area contributed by atoms with Gasteiger partial charge in [0.25, 0.3) is 0 Å². The van der Waals surface area contributed by atoms with Gasteiger partial charge in [-0.1, -0.05) is 18.9 Å². The standard InChI is InChI=1S/C21H32N4O2/c1-15(23-20(27)18-10-3-4-11-21(18,2)22)19(26)24-16-8-7-9-17(14-16)25-12-5-6-13-25/h7-9,14-15,18H,3-6,10-13,22H2,1-2H3,(H,23,27)(H,24,26)/t15-,18+,21+/m0/s1. The van der Waals surface area contributed by atoms with Crippen molar-refractivity contribution in [3.05, 3.63) is 24.3 Å². The number of hydrogen-bond acceptors (Lipinski definition) is 4. The van der Waals surface area contributed by atoms with Crippen molar-refractivity contribution in [3.8, 4) is 0 Å². The van der Waals surface area contributed by atoms with Gasteiger partial charge in [0, 0.05) is 30.0 Å². The van der Waals surface area contributed by atoms with E-state index in [-0.39, 0.29) is 17.7 Å². The van der Waals surface area contributed by atoms with Gasteiger partial charge in [0.15, 0.2) is 0 Å². The Balaban J connectivity index is 1.57. The quantitative estimate of drug-likeness (QED) is 0.741. The summed E-state index contributed by atoms with van der Waals surface area (Å²) in [5.41, 5.74) is 7.70. The lowest BCUT2D eigenvalue weighted by atomic mass is 9.74. The fourth-order valence-corrected chi connectivity index (χ4v) is 4.17. The third-order valence-electron chi connectivity index (χ3n) is 5.91. The summed E-state index contributed by atoms with van der Waals surface area (Å²) in [6.07, 6.45) is 6.11. The number of nitrogens with zero attached hydrogens (tertiary/aromatic N) is 1. The van der Waals surface area contributed by atoms with Crippen molar-refractivity contribution in [2.75, 3.05) is 23.3 Å². The van der Waals surface area contributed by atoms with Gasteiger partial charge in [-0.15, -0.1) is 0 Å². The molecule has 1 aliphatic heterocycles. The van der Waals surface area contributed by atoms with E-state index in [2.05, 4.69) is 21.6 Å². The van der Waals surface area contributed by atoms with Gasteiger partial charge in [-0.25, -0.2) is 0 Å². The molecule has 0 unspecified atom stereocenters. The third-order valence-corrected chi connectivity index (χ3v) is 5.91. The van der Waals surface area contributed by atoms with E-state index in [9.17, 15) is 9.59 Å². The largest absolute Gasteiger partial charge is 0.371 e. The minimum atomic E-state index is -0.606. The molecule has 1 saturated carbocycles. The third kappa shape index (κ3) is 4.80. The second-order valence-electron chi connectivity index (χ2n) is 8.27. The van der Waals surface area contributed by atoms with E-state index in [4.69, 9.17) is 5.73 Å². The van der Waals surface area contributed by atoms with E-state index >= 15 is 0 Å². The van der Waals surface area contributed by atoms with Crippen molar-refractivity contribution < 1.29 is 9.59 Å². The zero-order valence-electron chi connectivity index (χ0n) is 16.5. The van der Waals surface area contributed by atoms with Gasteiger partial charge in [0.1, 0.15) is 6.04 Å². The van der Waals surface area contributed by atoms with Crippen molar-refractivity contribution in [3.63, 3.8) is 0 Å². The number of hydrogen-bond donors (Lipinski definition) is 3. The average Bonchev–Trinajstić information content (AvgIpc) is 3.16. The summed E-state index contributed by atoms with van der Waals surface area (Å²) in [7, 11) is 0. The van der Waals surface area contributed by atoms with Crippen molar-refractivity contribution >= 4 is 23.2 Å². The van der Waals surface area contributed by atoms with Crippen molar-refractivity contribution in [1.82, 2.24) is 5.32 Å². The predicted octanol–water partition coefficient (Wildman–Crippen LogP) is 2.64. The molecule has 27 heavy (non-hydrogen) atoms. The second kappa shape index (κ2) is 8.30. The average molecular weight is 373 g/mol. The Labute approximate surface area is 161 Å². The summed E-state index contributed by atoms with van der Waals surface area (Å²) in [4.78, 5) is 27.5. The minimum Gasteiger partial charge on any atom is -0.371 e. The molecule has 0 spiro atoms. The topological polar surface area (TPSA) is 87.5 Å². The number of nitrogens with one attached hydrogen (secondary N) is 2. The van der Waals surface area contributed by atoms with Crippen LogP contribution in [-0.4, -0.2) is 36.5 Å². The molecule has 0 radical (unpaired) electrons. The molecule has 6 nitrogen and oxygen atoms in total. The Morgan fingerprint density at radius 1 is 1.22 bits per heavy atom. The lowest BCUT2D eigenvalue weighted by Gasteiger charge is -2.37. The van der Waals surface area contributed by atoms with Crippen molar-refractivity contribution in [2.24, 2.45) is 11.7 Å². The number of carbonyl (C=O) groups is 2. The molecule has 1 aromatic carbocycles. The molecule has 2 amide bonds. The van der Waals surface area contributed by atoms with Crippen LogP contribution in [0.25, 0.3) is 0 Å². The Hall–Kier alpha value is -2.08. The fraction of sp³-hybridized carbons (Fsp3) is 0.619. The van der Waals surface area contributed by atoms with Crippen LogP contribution < -0.4 is 21.3 Å².